The largest absolute Gasteiger partial charge is 0.480 e. The first-order chi connectivity index (χ1) is 22.4. The third kappa shape index (κ3) is 5.69. The second-order valence-corrected chi connectivity index (χ2v) is 10.9. The summed E-state index contributed by atoms with van der Waals surface area (Å²) in [6.45, 7) is 6.17. The fraction of sp³-hybridized carbons (Fsp3) is 0.189. The normalized spacial score (nSPS) is 12.4. The first kappa shape index (κ1) is 30.2. The molecule has 0 spiro atoms. The van der Waals surface area contributed by atoms with E-state index in [1.165, 1.54) is 7.11 Å². The van der Waals surface area contributed by atoms with Crippen molar-refractivity contribution >= 4 is 12.1 Å². The van der Waals surface area contributed by atoms with Gasteiger partial charge in [-0.2, -0.15) is 5.26 Å². The maximum Gasteiger partial charge on any atom is 0.224 e. The topological polar surface area (TPSA) is 114 Å². The van der Waals surface area contributed by atoms with Gasteiger partial charge in [0.2, 0.25) is 11.8 Å². The zero-order chi connectivity index (χ0) is 32.2. The third-order valence-corrected chi connectivity index (χ3v) is 8.24. The summed E-state index contributed by atoms with van der Waals surface area (Å²) < 4.78 is 11.2. The minimum atomic E-state index is 0.302. The smallest absolute Gasteiger partial charge is 0.224 e. The molecule has 9 heteroatoms. The molecule has 0 N–H and O–H groups in total. The Balaban J connectivity index is 1.33. The predicted octanol–water partition coefficient (Wildman–Crippen LogP) is 6.45. The molecule has 46 heavy (non-hydrogen) atoms. The highest BCUT2D eigenvalue weighted by molar-refractivity contribution is 6.02. The third-order valence-electron chi connectivity index (χ3n) is 8.24. The fourth-order valence-corrected chi connectivity index (χ4v) is 5.93. The molecule has 0 fully saturated rings. The molecular weight excluding hydrogens is 576 g/mol. The van der Waals surface area contributed by atoms with Gasteiger partial charge in [-0.3, -0.25) is 14.8 Å². The van der Waals surface area contributed by atoms with Gasteiger partial charge in [0.15, 0.2) is 6.29 Å². The molecule has 1 aliphatic heterocycles. The Morgan fingerprint density at radius 2 is 1.46 bits per heavy atom. The zero-order valence-corrected chi connectivity index (χ0v) is 26.1. The zero-order valence-electron chi connectivity index (χ0n) is 26.1. The molecule has 4 heterocycles. The number of aldehydes is 1. The fourth-order valence-electron chi connectivity index (χ4n) is 5.93. The maximum atomic E-state index is 11.4. The van der Waals surface area contributed by atoms with Crippen LogP contribution >= 0.6 is 0 Å². The first-order valence-corrected chi connectivity index (χ1v) is 14.8. The van der Waals surface area contributed by atoms with E-state index in [0.717, 1.165) is 74.6 Å². The number of ether oxygens (including phenoxy) is 2. The SMILES string of the molecule is COc1nc(-c2cccc(-c3cccc(-c4ccc(C5=NCCN5Cc5cncc(C#N)c5)c(OC)n4)c3C)c2C)ccc1C=O. The molecule has 0 amide bonds. The Kier molecular flexibility index (Phi) is 8.53. The van der Waals surface area contributed by atoms with Gasteiger partial charge in [0.1, 0.15) is 11.9 Å². The lowest BCUT2D eigenvalue weighted by Crippen LogP contribution is -2.28. The lowest BCUT2D eigenvalue weighted by atomic mass is 9.89. The van der Waals surface area contributed by atoms with Gasteiger partial charge in [0, 0.05) is 36.6 Å². The molecule has 9 nitrogen and oxygen atoms in total. The number of amidine groups is 1. The average molecular weight is 609 g/mol. The molecule has 5 aromatic rings. The molecule has 0 aliphatic carbocycles. The molecule has 0 radical (unpaired) electrons. The Morgan fingerprint density at radius 3 is 2.09 bits per heavy atom. The molecule has 3 aromatic heterocycles. The molecule has 0 saturated carbocycles. The molecule has 228 valence electrons. The molecule has 0 saturated heterocycles. The number of rotatable bonds is 9. The predicted molar refractivity (Wildman–Crippen MR) is 177 cm³/mol. The van der Waals surface area contributed by atoms with E-state index in [9.17, 15) is 10.1 Å². The number of methoxy groups -OCH3 is 2. The Labute approximate surface area is 267 Å². The number of aliphatic imine (C=N–C) groups is 1. The minimum Gasteiger partial charge on any atom is -0.480 e. The number of aromatic nitrogens is 3. The lowest BCUT2D eigenvalue weighted by molar-refractivity contribution is 0.112. The van der Waals surface area contributed by atoms with Gasteiger partial charge in [0.05, 0.1) is 48.8 Å². The molecule has 2 aromatic carbocycles. The number of carbonyl (C=O) groups excluding carboxylic acids is 1. The standard InChI is InChI=1S/C37H32N6O3/c1-23-28(7-5-9-30(23)33-13-11-27(22-44)36(41-33)45-3)29-8-6-10-31(24(29)2)34-14-12-32(37(42-34)46-4)35-40-15-16-43(35)21-26-17-25(18-38)19-39-20-26/h5-14,17,19-20,22H,15-16,21H2,1-4H3. The van der Waals surface area contributed by atoms with Crippen LogP contribution in [0.5, 0.6) is 11.8 Å². The van der Waals surface area contributed by atoms with Crippen LogP contribution in [0.3, 0.4) is 0 Å². The number of hydrogen-bond acceptors (Lipinski definition) is 9. The van der Waals surface area contributed by atoms with Crippen LogP contribution < -0.4 is 9.47 Å². The summed E-state index contributed by atoms with van der Waals surface area (Å²) in [6, 6.07) is 24.0. The summed E-state index contributed by atoms with van der Waals surface area (Å²) in [5.41, 5.74) is 10.5. The molecule has 1 aliphatic rings. The number of nitriles is 1. The van der Waals surface area contributed by atoms with Crippen molar-refractivity contribution in [3.63, 3.8) is 0 Å². The van der Waals surface area contributed by atoms with Crippen LogP contribution in [-0.2, 0) is 6.54 Å². The van der Waals surface area contributed by atoms with Gasteiger partial charge in [-0.15, -0.1) is 0 Å². The van der Waals surface area contributed by atoms with Gasteiger partial charge in [0.25, 0.3) is 0 Å². The number of carbonyl (C=O) groups is 1. The van der Waals surface area contributed by atoms with Crippen LogP contribution in [0, 0.1) is 25.2 Å². The second-order valence-electron chi connectivity index (χ2n) is 10.9. The van der Waals surface area contributed by atoms with E-state index in [2.05, 4.69) is 53.0 Å². The van der Waals surface area contributed by atoms with E-state index in [1.54, 1.807) is 25.6 Å². The Hall–Kier alpha value is -5.88. The van der Waals surface area contributed by atoms with Crippen LogP contribution in [0.4, 0.5) is 0 Å². The molecule has 0 atom stereocenters. The van der Waals surface area contributed by atoms with Crippen molar-refractivity contribution in [3.8, 4) is 51.5 Å². The highest BCUT2D eigenvalue weighted by Crippen LogP contribution is 2.37. The summed E-state index contributed by atoms with van der Waals surface area (Å²) in [7, 11) is 3.14. The Bertz CT molecular complexity index is 2030. The van der Waals surface area contributed by atoms with E-state index >= 15 is 0 Å². The lowest BCUT2D eigenvalue weighted by Gasteiger charge is -2.22. The van der Waals surface area contributed by atoms with E-state index < -0.39 is 0 Å². The van der Waals surface area contributed by atoms with Crippen molar-refractivity contribution in [2.45, 2.75) is 20.4 Å². The van der Waals surface area contributed by atoms with Crippen molar-refractivity contribution in [1.29, 1.82) is 5.26 Å². The summed E-state index contributed by atoms with van der Waals surface area (Å²) in [5.74, 6) is 1.60. The summed E-state index contributed by atoms with van der Waals surface area (Å²) in [4.78, 5) is 32.1. The van der Waals surface area contributed by atoms with Gasteiger partial charge < -0.3 is 14.4 Å². The number of pyridine rings is 3. The van der Waals surface area contributed by atoms with E-state index in [1.807, 2.05) is 42.5 Å². The summed E-state index contributed by atoms with van der Waals surface area (Å²) in [6.07, 6.45) is 4.08. The van der Waals surface area contributed by atoms with Gasteiger partial charge in [-0.1, -0.05) is 36.4 Å². The van der Waals surface area contributed by atoms with Crippen LogP contribution in [0.25, 0.3) is 33.6 Å². The van der Waals surface area contributed by atoms with Crippen molar-refractivity contribution in [1.82, 2.24) is 19.9 Å². The van der Waals surface area contributed by atoms with E-state index in [0.29, 0.717) is 36.0 Å². The van der Waals surface area contributed by atoms with Gasteiger partial charge in [-0.05, 0) is 72.0 Å². The summed E-state index contributed by atoms with van der Waals surface area (Å²) >= 11 is 0. The van der Waals surface area contributed by atoms with Crippen LogP contribution in [0.2, 0.25) is 0 Å². The van der Waals surface area contributed by atoms with Gasteiger partial charge in [-0.25, -0.2) is 9.97 Å². The first-order valence-electron chi connectivity index (χ1n) is 14.8. The molecule has 6 rings (SSSR count). The van der Waals surface area contributed by atoms with Crippen LogP contribution in [0.15, 0.2) is 84.1 Å². The highest BCUT2D eigenvalue weighted by Gasteiger charge is 2.24. The maximum absolute atomic E-state index is 11.4. The number of hydrogen-bond donors (Lipinski definition) is 0. The van der Waals surface area contributed by atoms with E-state index in [-0.39, 0.29) is 0 Å². The molecule has 0 bridgehead atoms. The van der Waals surface area contributed by atoms with Gasteiger partial charge >= 0.3 is 0 Å². The van der Waals surface area contributed by atoms with Crippen LogP contribution in [-0.4, -0.2) is 59.3 Å². The monoisotopic (exact) mass is 608 g/mol. The van der Waals surface area contributed by atoms with Crippen LogP contribution in [0.1, 0.15) is 38.2 Å². The van der Waals surface area contributed by atoms with Crippen molar-refractivity contribution < 1.29 is 14.3 Å². The number of benzene rings is 2. The minimum absolute atomic E-state index is 0.302. The molecule has 0 unspecified atom stereocenters. The number of nitrogens with zero attached hydrogens (tertiary/aromatic N) is 6. The molecular formula is C37H32N6O3. The highest BCUT2D eigenvalue weighted by atomic mass is 16.5. The van der Waals surface area contributed by atoms with Crippen molar-refractivity contribution in [2.75, 3.05) is 27.3 Å². The summed E-state index contributed by atoms with van der Waals surface area (Å²) in [5, 5.41) is 9.28. The quantitative estimate of drug-likeness (QED) is 0.175. The average Bonchev–Trinajstić information content (AvgIpc) is 3.55. The Morgan fingerprint density at radius 1 is 0.826 bits per heavy atom. The van der Waals surface area contributed by atoms with Crippen molar-refractivity contribution in [2.24, 2.45) is 4.99 Å². The van der Waals surface area contributed by atoms with Crippen molar-refractivity contribution in [3.05, 3.63) is 113 Å². The van der Waals surface area contributed by atoms with E-state index in [4.69, 9.17) is 19.5 Å². The second kappa shape index (κ2) is 13.0.